The Labute approximate surface area is 179 Å². The van der Waals surface area contributed by atoms with Crippen LogP contribution in [0.2, 0.25) is 5.02 Å². The second-order valence-corrected chi connectivity index (χ2v) is 7.86. The van der Waals surface area contributed by atoms with E-state index in [1.165, 1.54) is 0 Å². The largest absolute Gasteiger partial charge is 0.497 e. The van der Waals surface area contributed by atoms with Crippen LogP contribution in [0, 0.1) is 0 Å². The fourth-order valence-electron chi connectivity index (χ4n) is 3.90. The molecule has 0 aliphatic carbocycles. The number of carbonyl (C=O) groups is 3. The number of nitrogens with one attached hydrogen (secondary N) is 1. The second kappa shape index (κ2) is 8.36. The average molecular weight is 428 g/mol. The molecule has 2 aliphatic rings. The van der Waals surface area contributed by atoms with Crippen LogP contribution in [0.3, 0.4) is 0 Å². The van der Waals surface area contributed by atoms with E-state index in [0.29, 0.717) is 30.1 Å². The van der Waals surface area contributed by atoms with Crippen molar-refractivity contribution in [2.45, 2.75) is 18.5 Å². The molecule has 0 radical (unpaired) electrons. The molecule has 1 N–H and O–H groups in total. The molecule has 2 fully saturated rings. The van der Waals surface area contributed by atoms with Gasteiger partial charge >= 0.3 is 0 Å². The molecule has 2 atom stereocenters. The predicted octanol–water partition coefficient (Wildman–Crippen LogP) is 1.74. The third kappa shape index (κ3) is 3.98. The van der Waals surface area contributed by atoms with Gasteiger partial charge in [-0.05, 0) is 42.0 Å². The summed E-state index contributed by atoms with van der Waals surface area (Å²) in [4.78, 5) is 41.7. The molecule has 2 aromatic carbocycles. The topological polar surface area (TPSA) is 79.0 Å². The van der Waals surface area contributed by atoms with Gasteiger partial charge in [-0.2, -0.15) is 0 Å². The Hall–Kier alpha value is -3.06. The lowest BCUT2D eigenvalue weighted by Gasteiger charge is -2.45. The van der Waals surface area contributed by atoms with Crippen molar-refractivity contribution < 1.29 is 19.1 Å². The molecule has 0 bridgehead atoms. The van der Waals surface area contributed by atoms with Gasteiger partial charge in [-0.25, -0.2) is 0 Å². The summed E-state index contributed by atoms with van der Waals surface area (Å²) in [5.41, 5.74) is 1.44. The third-order valence-corrected chi connectivity index (χ3v) is 5.81. The molecule has 0 unspecified atom stereocenters. The van der Waals surface area contributed by atoms with Crippen LogP contribution in [0.25, 0.3) is 0 Å². The van der Waals surface area contributed by atoms with Crippen LogP contribution in [-0.2, 0) is 16.0 Å². The van der Waals surface area contributed by atoms with E-state index in [9.17, 15) is 14.4 Å². The summed E-state index contributed by atoms with van der Waals surface area (Å²) in [5.74, 6) is 0.210. The van der Waals surface area contributed by atoms with Gasteiger partial charge in [0.1, 0.15) is 17.8 Å². The van der Waals surface area contributed by atoms with Crippen LogP contribution in [-0.4, -0.2) is 66.3 Å². The highest BCUT2D eigenvalue weighted by atomic mass is 35.5. The molecular formula is C22H22ClN3O4. The Kier molecular flexibility index (Phi) is 5.63. The molecule has 0 aromatic heterocycles. The van der Waals surface area contributed by atoms with Gasteiger partial charge in [-0.1, -0.05) is 23.7 Å². The quantitative estimate of drug-likeness (QED) is 0.806. The van der Waals surface area contributed by atoms with Gasteiger partial charge in [-0.15, -0.1) is 0 Å². The lowest BCUT2D eigenvalue weighted by atomic mass is 9.98. The molecule has 2 aliphatic heterocycles. The van der Waals surface area contributed by atoms with Crippen LogP contribution in [0.15, 0.2) is 48.5 Å². The molecule has 0 saturated carbocycles. The Morgan fingerprint density at radius 2 is 1.80 bits per heavy atom. The number of amides is 3. The van der Waals surface area contributed by atoms with Crippen molar-refractivity contribution in [3.05, 3.63) is 64.7 Å². The summed E-state index contributed by atoms with van der Waals surface area (Å²) in [5, 5.41) is 3.38. The number of hydrogen-bond acceptors (Lipinski definition) is 4. The molecule has 2 saturated heterocycles. The van der Waals surface area contributed by atoms with Gasteiger partial charge in [0.05, 0.1) is 13.7 Å². The van der Waals surface area contributed by atoms with Crippen LogP contribution >= 0.6 is 11.6 Å². The molecule has 0 spiro atoms. The van der Waals surface area contributed by atoms with E-state index in [2.05, 4.69) is 5.32 Å². The van der Waals surface area contributed by atoms with Gasteiger partial charge in [0.2, 0.25) is 11.8 Å². The number of hydrogen-bond donors (Lipinski definition) is 1. The van der Waals surface area contributed by atoms with E-state index in [1.807, 2.05) is 24.3 Å². The van der Waals surface area contributed by atoms with E-state index in [4.69, 9.17) is 16.3 Å². The number of fused-ring (bicyclic) bond motifs is 1. The zero-order chi connectivity index (χ0) is 21.3. The molecule has 156 valence electrons. The van der Waals surface area contributed by atoms with Gasteiger partial charge in [0.15, 0.2) is 0 Å². The monoisotopic (exact) mass is 427 g/mol. The van der Waals surface area contributed by atoms with Crippen LogP contribution in [0.1, 0.15) is 15.9 Å². The fraction of sp³-hybridized carbons (Fsp3) is 0.318. The first-order valence-corrected chi connectivity index (χ1v) is 10.1. The molecule has 2 aromatic rings. The molecule has 3 amide bonds. The van der Waals surface area contributed by atoms with Crippen LogP contribution < -0.4 is 10.1 Å². The van der Waals surface area contributed by atoms with E-state index in [1.54, 1.807) is 41.2 Å². The lowest BCUT2D eigenvalue weighted by molar-refractivity contribution is -0.152. The van der Waals surface area contributed by atoms with Crippen molar-refractivity contribution >= 4 is 29.3 Å². The first-order valence-electron chi connectivity index (χ1n) is 9.75. The van der Waals surface area contributed by atoms with Gasteiger partial charge in [0, 0.05) is 30.1 Å². The highest BCUT2D eigenvalue weighted by molar-refractivity contribution is 6.30. The number of benzene rings is 2. The normalized spacial score (nSPS) is 21.1. The molecule has 4 rings (SSSR count). The summed E-state index contributed by atoms with van der Waals surface area (Å²) < 4.78 is 5.15. The van der Waals surface area contributed by atoms with Gasteiger partial charge < -0.3 is 19.9 Å². The first-order chi connectivity index (χ1) is 14.5. The van der Waals surface area contributed by atoms with Crippen molar-refractivity contribution in [3.8, 4) is 5.75 Å². The van der Waals surface area contributed by atoms with E-state index < -0.39 is 12.1 Å². The molecule has 8 heteroatoms. The number of nitrogens with zero attached hydrogens (tertiary/aromatic N) is 2. The van der Waals surface area contributed by atoms with Crippen molar-refractivity contribution in [3.63, 3.8) is 0 Å². The summed E-state index contributed by atoms with van der Waals surface area (Å²) >= 11 is 5.89. The summed E-state index contributed by atoms with van der Waals surface area (Å²) in [6, 6.07) is 12.8. The molecule has 7 nitrogen and oxygen atoms in total. The Morgan fingerprint density at radius 3 is 2.47 bits per heavy atom. The zero-order valence-electron chi connectivity index (χ0n) is 16.5. The number of rotatable bonds is 4. The van der Waals surface area contributed by atoms with E-state index in [0.717, 1.165) is 11.3 Å². The van der Waals surface area contributed by atoms with Gasteiger partial charge in [0.25, 0.3) is 5.91 Å². The number of ether oxygens (including phenoxy) is 1. The Balaban J connectivity index is 1.43. The maximum absolute atomic E-state index is 13.0. The highest BCUT2D eigenvalue weighted by Crippen LogP contribution is 2.21. The van der Waals surface area contributed by atoms with Crippen LogP contribution in [0.4, 0.5) is 0 Å². The Bertz CT molecular complexity index is 961. The molecular weight excluding hydrogens is 406 g/mol. The number of carbonyl (C=O) groups excluding carboxylic acids is 3. The number of halogens is 1. The zero-order valence-corrected chi connectivity index (χ0v) is 17.3. The summed E-state index contributed by atoms with van der Waals surface area (Å²) in [6.07, 6.45) is 0.408. The smallest absolute Gasteiger partial charge is 0.254 e. The number of piperazine rings is 2. The highest BCUT2D eigenvalue weighted by Gasteiger charge is 2.44. The minimum absolute atomic E-state index is 0.117. The molecule has 2 heterocycles. The lowest BCUT2D eigenvalue weighted by Crippen LogP contribution is -2.70. The predicted molar refractivity (Wildman–Crippen MR) is 111 cm³/mol. The van der Waals surface area contributed by atoms with Crippen LogP contribution in [0.5, 0.6) is 5.75 Å². The average Bonchev–Trinajstić information content (AvgIpc) is 2.77. The first kappa shape index (κ1) is 20.2. The van der Waals surface area contributed by atoms with E-state index >= 15 is 0 Å². The summed E-state index contributed by atoms with van der Waals surface area (Å²) in [6.45, 7) is 0.885. The Morgan fingerprint density at radius 1 is 1.10 bits per heavy atom. The van der Waals surface area contributed by atoms with Crippen molar-refractivity contribution in [2.24, 2.45) is 0 Å². The van der Waals surface area contributed by atoms with E-state index in [-0.39, 0.29) is 24.3 Å². The van der Waals surface area contributed by atoms with Crippen molar-refractivity contribution in [1.29, 1.82) is 0 Å². The fourth-order valence-corrected chi connectivity index (χ4v) is 4.02. The standard InChI is InChI=1S/C22H22ClN3O4/c1-30-17-8-2-14(3-9-17)12-18-22(29)26-11-10-25(13-19(26)20(27)24-18)21(28)15-4-6-16(23)7-5-15/h2-9,18-19H,10-13H2,1H3,(H,24,27)/t18-,19+/m0/s1. The summed E-state index contributed by atoms with van der Waals surface area (Å²) in [7, 11) is 1.59. The minimum atomic E-state index is -0.672. The third-order valence-electron chi connectivity index (χ3n) is 5.56. The molecule has 30 heavy (non-hydrogen) atoms. The number of methoxy groups -OCH3 is 1. The minimum Gasteiger partial charge on any atom is -0.497 e. The van der Waals surface area contributed by atoms with Crippen molar-refractivity contribution in [1.82, 2.24) is 15.1 Å². The second-order valence-electron chi connectivity index (χ2n) is 7.42. The maximum Gasteiger partial charge on any atom is 0.254 e. The maximum atomic E-state index is 13.0. The van der Waals surface area contributed by atoms with Crippen molar-refractivity contribution in [2.75, 3.05) is 26.7 Å². The SMILES string of the molecule is COc1ccc(C[C@@H]2NC(=O)[C@H]3CN(C(=O)c4ccc(Cl)cc4)CCN3C2=O)cc1. The van der Waals surface area contributed by atoms with Gasteiger partial charge in [-0.3, -0.25) is 14.4 Å².